The summed E-state index contributed by atoms with van der Waals surface area (Å²) in [5, 5.41) is 2.26. The van der Waals surface area contributed by atoms with Gasteiger partial charge in [-0.15, -0.1) is 0 Å². The van der Waals surface area contributed by atoms with E-state index < -0.39 is 0 Å². The lowest BCUT2D eigenvalue weighted by molar-refractivity contribution is -0.734. The van der Waals surface area contributed by atoms with Crippen LogP contribution < -0.4 is 5.32 Å². The van der Waals surface area contributed by atoms with Gasteiger partial charge in [0.05, 0.1) is 0 Å². The molecule has 2 N–H and O–H groups in total. The molecule has 2 atom stereocenters. The molecule has 0 heterocycles. The van der Waals surface area contributed by atoms with Gasteiger partial charge in [-0.3, -0.25) is 0 Å². The van der Waals surface area contributed by atoms with Crippen LogP contribution >= 0.6 is 0 Å². The summed E-state index contributed by atoms with van der Waals surface area (Å²) in [6.45, 7) is 4.30. The van der Waals surface area contributed by atoms with Gasteiger partial charge in [0.15, 0.2) is 0 Å². The first-order valence-corrected chi connectivity index (χ1v) is 5.64. The highest BCUT2D eigenvalue weighted by Gasteiger charge is 2.21. The first-order chi connectivity index (χ1) is 7.69. The van der Waals surface area contributed by atoms with E-state index in [1.807, 2.05) is 6.07 Å². The maximum Gasteiger partial charge on any atom is 0.209 e. The lowest BCUT2D eigenvalue weighted by atomic mass is 10.1. The highest BCUT2D eigenvalue weighted by Crippen LogP contribution is 2.07. The minimum Gasteiger partial charge on any atom is -0.351 e. The fourth-order valence-corrected chi connectivity index (χ4v) is 1.94. The zero-order valence-corrected chi connectivity index (χ0v) is 10.5. The van der Waals surface area contributed by atoms with Crippen molar-refractivity contribution >= 4 is 0 Å². The number of rotatable bonds is 6. The van der Waals surface area contributed by atoms with Gasteiger partial charge in [0, 0.05) is 19.8 Å². The van der Waals surface area contributed by atoms with Crippen molar-refractivity contribution in [3.05, 3.63) is 35.9 Å². The minimum absolute atomic E-state index is 0.161. The zero-order chi connectivity index (χ0) is 12.0. The van der Waals surface area contributed by atoms with Gasteiger partial charge in [0.2, 0.25) is 6.29 Å². The Morgan fingerprint density at radius 1 is 1.00 bits per heavy atom. The lowest BCUT2D eigenvalue weighted by Crippen LogP contribution is -2.92. The summed E-state index contributed by atoms with van der Waals surface area (Å²) in [6, 6.07) is 11.1. The molecule has 3 nitrogen and oxygen atoms in total. The van der Waals surface area contributed by atoms with E-state index in [-0.39, 0.29) is 12.3 Å². The monoisotopic (exact) mass is 224 g/mol. The Kier molecular flexibility index (Phi) is 5.46. The second kappa shape index (κ2) is 6.63. The van der Waals surface area contributed by atoms with Crippen LogP contribution in [0.2, 0.25) is 0 Å². The normalized spacial score (nSPS) is 15.1. The Bertz CT molecular complexity index is 285. The van der Waals surface area contributed by atoms with Crippen molar-refractivity contribution in [1.29, 1.82) is 0 Å². The Morgan fingerprint density at radius 2 is 1.56 bits per heavy atom. The molecule has 1 aromatic carbocycles. The molecule has 1 aromatic rings. The molecular weight excluding hydrogens is 202 g/mol. The average Bonchev–Trinajstić information content (AvgIpc) is 2.31. The molecule has 0 unspecified atom stereocenters. The molecule has 0 fully saturated rings. The molecule has 0 aliphatic rings. The lowest BCUT2D eigenvalue weighted by Gasteiger charge is -2.22. The zero-order valence-electron chi connectivity index (χ0n) is 10.5. The molecule has 0 aromatic heterocycles. The van der Waals surface area contributed by atoms with Gasteiger partial charge in [-0.25, -0.2) is 0 Å². The van der Waals surface area contributed by atoms with Crippen molar-refractivity contribution in [3.8, 4) is 0 Å². The molecule has 1 rings (SSSR count). The quantitative estimate of drug-likeness (QED) is 0.740. The standard InChI is InChI=1S/C13H21NO2/c1-10(12-8-6-5-7-9-12)14-11(2)13(15-3)16-4/h5-11,13-14H,1-4H3/p+1/t10-,11-/m0/s1. The molecule has 0 bridgehead atoms. The molecule has 0 radical (unpaired) electrons. The first kappa shape index (κ1) is 13.2. The van der Waals surface area contributed by atoms with E-state index in [9.17, 15) is 0 Å². The molecule has 0 spiro atoms. The van der Waals surface area contributed by atoms with Crippen molar-refractivity contribution in [2.75, 3.05) is 14.2 Å². The fourth-order valence-electron chi connectivity index (χ4n) is 1.94. The van der Waals surface area contributed by atoms with Gasteiger partial charge in [-0.2, -0.15) is 0 Å². The molecule has 16 heavy (non-hydrogen) atoms. The molecule has 0 saturated heterocycles. The van der Waals surface area contributed by atoms with Crippen LogP contribution in [0, 0.1) is 0 Å². The molecule has 0 amide bonds. The maximum atomic E-state index is 5.24. The third-order valence-corrected chi connectivity index (χ3v) is 2.81. The van der Waals surface area contributed by atoms with E-state index in [1.165, 1.54) is 5.56 Å². The third-order valence-electron chi connectivity index (χ3n) is 2.81. The Labute approximate surface area is 97.8 Å². The molecule has 3 heteroatoms. The third kappa shape index (κ3) is 3.59. The summed E-state index contributed by atoms with van der Waals surface area (Å²) in [5.41, 5.74) is 1.32. The molecule has 0 saturated carbocycles. The van der Waals surface area contributed by atoms with Crippen molar-refractivity contribution in [2.24, 2.45) is 0 Å². The van der Waals surface area contributed by atoms with Gasteiger partial charge in [0.1, 0.15) is 12.1 Å². The Hall–Kier alpha value is -0.900. The van der Waals surface area contributed by atoms with Crippen LogP contribution in [0.5, 0.6) is 0 Å². The summed E-state index contributed by atoms with van der Waals surface area (Å²) >= 11 is 0. The molecule has 0 aliphatic carbocycles. The van der Waals surface area contributed by atoms with E-state index >= 15 is 0 Å². The summed E-state index contributed by atoms with van der Waals surface area (Å²) in [6.07, 6.45) is -0.161. The first-order valence-electron chi connectivity index (χ1n) is 5.64. The summed E-state index contributed by atoms with van der Waals surface area (Å²) in [5.74, 6) is 0. The van der Waals surface area contributed by atoms with Crippen molar-refractivity contribution in [2.45, 2.75) is 32.2 Å². The second-order valence-corrected chi connectivity index (χ2v) is 4.09. The largest absolute Gasteiger partial charge is 0.351 e. The van der Waals surface area contributed by atoms with E-state index in [1.54, 1.807) is 14.2 Å². The van der Waals surface area contributed by atoms with Crippen molar-refractivity contribution < 1.29 is 14.8 Å². The SMILES string of the molecule is COC(OC)[C@H](C)[NH2+][C@@H](C)c1ccccc1. The van der Waals surface area contributed by atoms with Crippen LogP contribution in [-0.2, 0) is 9.47 Å². The number of benzene rings is 1. The van der Waals surface area contributed by atoms with Crippen molar-refractivity contribution in [1.82, 2.24) is 0 Å². The highest BCUT2D eigenvalue weighted by atomic mass is 16.7. The maximum absolute atomic E-state index is 5.24. The van der Waals surface area contributed by atoms with Crippen LogP contribution in [-0.4, -0.2) is 26.6 Å². The predicted molar refractivity (Wildman–Crippen MR) is 64.1 cm³/mol. The van der Waals surface area contributed by atoms with Gasteiger partial charge in [-0.1, -0.05) is 30.3 Å². The van der Waals surface area contributed by atoms with Crippen LogP contribution in [0.4, 0.5) is 0 Å². The average molecular weight is 224 g/mol. The molecule has 90 valence electrons. The van der Waals surface area contributed by atoms with E-state index in [2.05, 4.69) is 43.4 Å². The van der Waals surface area contributed by atoms with Gasteiger partial charge in [-0.05, 0) is 13.8 Å². The molecular formula is C13H22NO2+. The number of hydrogen-bond acceptors (Lipinski definition) is 2. The van der Waals surface area contributed by atoms with E-state index in [4.69, 9.17) is 9.47 Å². The van der Waals surface area contributed by atoms with Gasteiger partial charge >= 0.3 is 0 Å². The smallest absolute Gasteiger partial charge is 0.209 e. The summed E-state index contributed by atoms with van der Waals surface area (Å²) in [4.78, 5) is 0. The Morgan fingerprint density at radius 3 is 2.06 bits per heavy atom. The number of ether oxygens (including phenoxy) is 2. The molecule has 0 aliphatic heterocycles. The number of quaternary nitrogens is 1. The summed E-state index contributed by atoms with van der Waals surface area (Å²) in [7, 11) is 3.34. The van der Waals surface area contributed by atoms with E-state index in [0.29, 0.717) is 6.04 Å². The fraction of sp³-hybridized carbons (Fsp3) is 0.538. The van der Waals surface area contributed by atoms with Gasteiger partial charge < -0.3 is 14.8 Å². The number of methoxy groups -OCH3 is 2. The number of nitrogens with two attached hydrogens (primary N) is 1. The van der Waals surface area contributed by atoms with E-state index in [0.717, 1.165) is 0 Å². The minimum atomic E-state index is -0.161. The van der Waals surface area contributed by atoms with Crippen molar-refractivity contribution in [3.63, 3.8) is 0 Å². The highest BCUT2D eigenvalue weighted by molar-refractivity contribution is 5.16. The second-order valence-electron chi connectivity index (χ2n) is 4.09. The summed E-state index contributed by atoms with van der Waals surface area (Å²) < 4.78 is 10.5. The van der Waals surface area contributed by atoms with Crippen LogP contribution in [0.3, 0.4) is 0 Å². The predicted octanol–water partition coefficient (Wildman–Crippen LogP) is 1.32. The van der Waals surface area contributed by atoms with Crippen LogP contribution in [0.15, 0.2) is 30.3 Å². The Balaban J connectivity index is 2.54. The number of hydrogen-bond donors (Lipinski definition) is 1. The van der Waals surface area contributed by atoms with Crippen LogP contribution in [0.25, 0.3) is 0 Å². The van der Waals surface area contributed by atoms with Gasteiger partial charge in [0.25, 0.3) is 0 Å². The van der Waals surface area contributed by atoms with Crippen LogP contribution in [0.1, 0.15) is 25.5 Å². The topological polar surface area (TPSA) is 35.1 Å².